The van der Waals surface area contributed by atoms with Gasteiger partial charge >= 0.3 is 0 Å². The molecule has 0 bridgehead atoms. The molecule has 4 nitrogen and oxygen atoms in total. The van der Waals surface area contributed by atoms with Crippen molar-refractivity contribution in [3.63, 3.8) is 0 Å². The van der Waals surface area contributed by atoms with Crippen LogP contribution in [0, 0.1) is 5.92 Å². The summed E-state index contributed by atoms with van der Waals surface area (Å²) in [5.41, 5.74) is 0.909. The highest BCUT2D eigenvalue weighted by Gasteiger charge is 2.23. The first kappa shape index (κ1) is 12.5. The van der Waals surface area contributed by atoms with Gasteiger partial charge in [-0.3, -0.25) is 4.40 Å². The van der Waals surface area contributed by atoms with Gasteiger partial charge in [-0.1, -0.05) is 13.8 Å². The van der Waals surface area contributed by atoms with Crippen LogP contribution in [-0.4, -0.2) is 33.8 Å². The summed E-state index contributed by atoms with van der Waals surface area (Å²) < 4.78 is 7.30. The van der Waals surface area contributed by atoms with E-state index in [4.69, 9.17) is 4.74 Å². The lowest BCUT2D eigenvalue weighted by molar-refractivity contribution is -0.0371. The normalized spacial score (nSPS) is 15.6. The van der Waals surface area contributed by atoms with Crippen LogP contribution in [-0.2, 0) is 11.2 Å². The summed E-state index contributed by atoms with van der Waals surface area (Å²) in [4.78, 5) is 5.42. The van der Waals surface area contributed by atoms with Crippen molar-refractivity contribution in [3.8, 4) is 0 Å². The number of nitrogens with zero attached hydrogens (tertiary/aromatic N) is 2. The van der Waals surface area contributed by atoms with Crippen LogP contribution in [0.15, 0.2) is 17.8 Å². The van der Waals surface area contributed by atoms with Gasteiger partial charge in [-0.05, 0) is 5.92 Å². The molecule has 0 aliphatic heterocycles. The zero-order valence-corrected chi connectivity index (χ0v) is 11.1. The van der Waals surface area contributed by atoms with E-state index in [0.717, 1.165) is 10.7 Å². The van der Waals surface area contributed by atoms with E-state index in [2.05, 4.69) is 4.98 Å². The molecule has 5 heteroatoms. The van der Waals surface area contributed by atoms with E-state index < -0.39 is 6.10 Å². The molecule has 0 aliphatic carbocycles. The third kappa shape index (κ3) is 2.68. The van der Waals surface area contributed by atoms with Gasteiger partial charge in [-0.2, -0.15) is 0 Å². The molecule has 0 radical (unpaired) electrons. The van der Waals surface area contributed by atoms with Gasteiger partial charge in [0, 0.05) is 31.3 Å². The molecule has 0 saturated carbocycles. The highest BCUT2D eigenvalue weighted by molar-refractivity contribution is 7.15. The zero-order chi connectivity index (χ0) is 12.4. The summed E-state index contributed by atoms with van der Waals surface area (Å²) in [6.45, 7) is 4.09. The van der Waals surface area contributed by atoms with Gasteiger partial charge in [0.25, 0.3) is 0 Å². The summed E-state index contributed by atoms with van der Waals surface area (Å²) in [5.74, 6) is 0.290. The average Bonchev–Trinajstić information content (AvgIpc) is 2.77. The Hall–Kier alpha value is -0.910. The van der Waals surface area contributed by atoms with Crippen LogP contribution in [0.5, 0.6) is 0 Å². The first-order valence-electron chi connectivity index (χ1n) is 5.73. The molecule has 2 rings (SSSR count). The van der Waals surface area contributed by atoms with E-state index in [0.29, 0.717) is 12.3 Å². The van der Waals surface area contributed by atoms with Crippen molar-refractivity contribution in [1.82, 2.24) is 9.38 Å². The molecular formula is C12H18N2O2S. The minimum atomic E-state index is -0.510. The standard InChI is InChI=1S/C12H18N2O2S/c1-8(2)11(16-3)10(15)6-9-7-14-4-5-17-12(14)13-9/h4-5,7-8,10-11,15H,6H2,1-3H3. The SMILES string of the molecule is COC(C(C)C)C(O)Cc1cn2ccsc2n1. The predicted molar refractivity (Wildman–Crippen MR) is 68.4 cm³/mol. The number of aliphatic hydroxyl groups is 1. The van der Waals surface area contributed by atoms with Crippen LogP contribution < -0.4 is 0 Å². The lowest BCUT2D eigenvalue weighted by Gasteiger charge is -2.24. The van der Waals surface area contributed by atoms with E-state index in [1.54, 1.807) is 18.4 Å². The highest BCUT2D eigenvalue weighted by Crippen LogP contribution is 2.17. The molecule has 2 atom stereocenters. The lowest BCUT2D eigenvalue weighted by atomic mass is 9.98. The summed E-state index contributed by atoms with van der Waals surface area (Å²) in [5, 5.41) is 12.1. The number of hydrogen-bond acceptors (Lipinski definition) is 4. The van der Waals surface area contributed by atoms with Crippen LogP contribution >= 0.6 is 11.3 Å². The van der Waals surface area contributed by atoms with E-state index in [1.807, 2.05) is 36.0 Å². The summed E-state index contributed by atoms with van der Waals surface area (Å²) in [7, 11) is 1.64. The number of aliphatic hydroxyl groups excluding tert-OH is 1. The van der Waals surface area contributed by atoms with Crippen LogP contribution in [0.4, 0.5) is 0 Å². The Morgan fingerprint density at radius 1 is 1.53 bits per heavy atom. The van der Waals surface area contributed by atoms with Crippen molar-refractivity contribution in [2.24, 2.45) is 5.92 Å². The van der Waals surface area contributed by atoms with Gasteiger partial charge in [0.2, 0.25) is 0 Å². The summed E-state index contributed by atoms with van der Waals surface area (Å²) in [6.07, 6.45) is 3.81. The van der Waals surface area contributed by atoms with Gasteiger partial charge in [0.15, 0.2) is 4.96 Å². The Labute approximate surface area is 105 Å². The van der Waals surface area contributed by atoms with Crippen molar-refractivity contribution >= 4 is 16.3 Å². The average molecular weight is 254 g/mol. The molecule has 0 fully saturated rings. The smallest absolute Gasteiger partial charge is 0.193 e. The van der Waals surface area contributed by atoms with Crippen LogP contribution in [0.3, 0.4) is 0 Å². The number of methoxy groups -OCH3 is 1. The maximum atomic E-state index is 10.1. The van der Waals surface area contributed by atoms with Crippen LogP contribution in [0.25, 0.3) is 4.96 Å². The first-order valence-corrected chi connectivity index (χ1v) is 6.61. The first-order chi connectivity index (χ1) is 8.11. The Morgan fingerprint density at radius 2 is 2.29 bits per heavy atom. The summed E-state index contributed by atoms with van der Waals surface area (Å²) in [6, 6.07) is 0. The molecule has 0 spiro atoms. The Bertz CT molecular complexity index is 449. The van der Waals surface area contributed by atoms with Gasteiger partial charge < -0.3 is 9.84 Å². The Morgan fingerprint density at radius 3 is 2.88 bits per heavy atom. The van der Waals surface area contributed by atoms with Crippen molar-refractivity contribution < 1.29 is 9.84 Å². The fourth-order valence-corrected chi connectivity index (χ4v) is 2.80. The number of hydrogen-bond donors (Lipinski definition) is 1. The Kier molecular flexibility index (Phi) is 3.81. The minimum Gasteiger partial charge on any atom is -0.390 e. The predicted octanol–water partition coefficient (Wildman–Crippen LogP) is 1.97. The van der Waals surface area contributed by atoms with Crippen molar-refractivity contribution in [3.05, 3.63) is 23.5 Å². The molecule has 2 aromatic heterocycles. The lowest BCUT2D eigenvalue weighted by Crippen LogP contribution is -2.34. The van der Waals surface area contributed by atoms with Crippen molar-refractivity contribution in [1.29, 1.82) is 0 Å². The summed E-state index contributed by atoms with van der Waals surface area (Å²) >= 11 is 1.59. The zero-order valence-electron chi connectivity index (χ0n) is 10.3. The van der Waals surface area contributed by atoms with Gasteiger partial charge in [0.1, 0.15) is 0 Å². The minimum absolute atomic E-state index is 0.144. The second kappa shape index (κ2) is 5.16. The van der Waals surface area contributed by atoms with E-state index in [9.17, 15) is 5.11 Å². The van der Waals surface area contributed by atoms with E-state index in [-0.39, 0.29) is 6.10 Å². The number of imidazole rings is 1. The third-order valence-corrected chi connectivity index (χ3v) is 3.64. The Balaban J connectivity index is 2.07. The topological polar surface area (TPSA) is 46.8 Å². The van der Waals surface area contributed by atoms with Gasteiger partial charge in [-0.25, -0.2) is 4.98 Å². The van der Waals surface area contributed by atoms with E-state index in [1.165, 1.54) is 0 Å². The molecule has 0 amide bonds. The van der Waals surface area contributed by atoms with Crippen molar-refractivity contribution in [2.75, 3.05) is 7.11 Å². The number of ether oxygens (including phenoxy) is 1. The fourth-order valence-electron chi connectivity index (χ4n) is 2.08. The van der Waals surface area contributed by atoms with Crippen LogP contribution in [0.1, 0.15) is 19.5 Å². The third-order valence-electron chi connectivity index (χ3n) is 2.87. The van der Waals surface area contributed by atoms with E-state index >= 15 is 0 Å². The molecule has 0 aliphatic rings. The largest absolute Gasteiger partial charge is 0.390 e. The number of thiazole rings is 1. The second-order valence-corrected chi connectivity index (χ2v) is 5.41. The molecular weight excluding hydrogens is 236 g/mol. The van der Waals surface area contributed by atoms with Gasteiger partial charge in [0.05, 0.1) is 17.9 Å². The number of aromatic nitrogens is 2. The molecule has 1 N–H and O–H groups in total. The molecule has 0 saturated heterocycles. The van der Waals surface area contributed by atoms with Gasteiger partial charge in [-0.15, -0.1) is 11.3 Å². The van der Waals surface area contributed by atoms with Crippen LogP contribution in [0.2, 0.25) is 0 Å². The maximum absolute atomic E-state index is 10.1. The van der Waals surface area contributed by atoms with Crippen molar-refractivity contribution in [2.45, 2.75) is 32.5 Å². The number of rotatable bonds is 5. The maximum Gasteiger partial charge on any atom is 0.193 e. The number of fused-ring (bicyclic) bond motifs is 1. The monoisotopic (exact) mass is 254 g/mol. The molecule has 2 aromatic rings. The molecule has 17 heavy (non-hydrogen) atoms. The molecule has 94 valence electrons. The highest BCUT2D eigenvalue weighted by atomic mass is 32.1. The molecule has 2 heterocycles. The molecule has 0 aromatic carbocycles. The second-order valence-electron chi connectivity index (χ2n) is 4.54. The quantitative estimate of drug-likeness (QED) is 0.887. The molecule has 2 unspecified atom stereocenters. The fraction of sp³-hybridized carbons (Fsp3) is 0.583.